The molecular weight excluding hydrogens is 344 g/mol. The van der Waals surface area contributed by atoms with Gasteiger partial charge in [-0.25, -0.2) is 0 Å². The van der Waals surface area contributed by atoms with Gasteiger partial charge in [0.15, 0.2) is 0 Å². The molecule has 0 unspecified atom stereocenters. The molecule has 0 aromatic heterocycles. The van der Waals surface area contributed by atoms with Gasteiger partial charge in [0, 0.05) is 18.4 Å². The fourth-order valence-corrected chi connectivity index (χ4v) is 3.47. The zero-order valence-corrected chi connectivity index (χ0v) is 18.3. The van der Waals surface area contributed by atoms with Crippen LogP contribution in [0.2, 0.25) is 0 Å². The highest BCUT2D eigenvalue weighted by molar-refractivity contribution is 6.17. The standard InChI is InChI=1S/C22H26N2.C2H6.CH4O/c1-4-6-17-14-24-22(16-9-7-15(3)8-10-16)20-12-11-18(23)13-21(20)19(17)5-2;2*1-2/h5-7,9,11-13H,4,8,10,14,23H2,1-3H3;1-2H3;2H,1H3/b17-6-,19-5+;;. The smallest absolute Gasteiger partial charge is 0.0689 e. The molecule has 1 aromatic carbocycles. The first-order valence-electron chi connectivity index (χ1n) is 10.3. The SMILES string of the molecule is C/C=C1\C(=C/CC)CN=C(C2=CC=C(C)CC2)c2ccc(N)cc21.CC.CO. The van der Waals surface area contributed by atoms with Crippen molar-refractivity contribution >= 4 is 17.0 Å². The van der Waals surface area contributed by atoms with Crippen molar-refractivity contribution in [3.8, 4) is 0 Å². The second-order valence-electron chi connectivity index (χ2n) is 6.51. The first-order valence-corrected chi connectivity index (χ1v) is 10.3. The quantitative estimate of drug-likeness (QED) is 0.608. The molecule has 0 bridgehead atoms. The summed E-state index contributed by atoms with van der Waals surface area (Å²) in [4.78, 5) is 5.01. The Bertz CT molecular complexity index is 808. The number of fused-ring (bicyclic) bond motifs is 1. The average molecular weight is 381 g/mol. The number of aliphatic hydroxyl groups excluding tert-OH is 1. The number of benzene rings is 1. The van der Waals surface area contributed by atoms with Crippen molar-refractivity contribution in [3.05, 3.63) is 70.3 Å². The van der Waals surface area contributed by atoms with Gasteiger partial charge in [0.1, 0.15) is 0 Å². The number of anilines is 1. The maximum Gasteiger partial charge on any atom is 0.0689 e. The monoisotopic (exact) mass is 380 g/mol. The summed E-state index contributed by atoms with van der Waals surface area (Å²) >= 11 is 0. The Labute approximate surface area is 171 Å². The maximum absolute atomic E-state index is 7.00. The van der Waals surface area contributed by atoms with Crippen LogP contribution in [0, 0.1) is 0 Å². The molecule has 3 nitrogen and oxygen atoms in total. The predicted molar refractivity (Wildman–Crippen MR) is 125 cm³/mol. The van der Waals surface area contributed by atoms with Crippen LogP contribution in [0.4, 0.5) is 5.69 Å². The van der Waals surface area contributed by atoms with Crippen LogP contribution < -0.4 is 5.73 Å². The second-order valence-corrected chi connectivity index (χ2v) is 6.51. The molecule has 28 heavy (non-hydrogen) atoms. The Morgan fingerprint density at radius 3 is 2.39 bits per heavy atom. The largest absolute Gasteiger partial charge is 0.400 e. The Morgan fingerprint density at radius 2 is 1.82 bits per heavy atom. The molecule has 0 saturated heterocycles. The number of hydrogen-bond donors (Lipinski definition) is 2. The molecule has 0 fully saturated rings. The number of aliphatic hydroxyl groups is 1. The van der Waals surface area contributed by atoms with Gasteiger partial charge in [-0.1, -0.05) is 56.7 Å². The first-order chi connectivity index (χ1) is 13.6. The third-order valence-electron chi connectivity index (χ3n) is 4.74. The number of aliphatic imine (C=N–C) groups is 1. The number of allylic oxidation sites excluding steroid dienone is 6. The van der Waals surface area contributed by atoms with Gasteiger partial charge in [-0.2, -0.15) is 0 Å². The van der Waals surface area contributed by atoms with Crippen LogP contribution in [0.1, 0.15) is 65.0 Å². The Balaban J connectivity index is 0.000000921. The van der Waals surface area contributed by atoms with Crippen molar-refractivity contribution in [3.63, 3.8) is 0 Å². The molecule has 152 valence electrons. The van der Waals surface area contributed by atoms with E-state index in [9.17, 15) is 0 Å². The van der Waals surface area contributed by atoms with Gasteiger partial charge in [-0.15, -0.1) is 0 Å². The van der Waals surface area contributed by atoms with Crippen molar-refractivity contribution < 1.29 is 5.11 Å². The molecule has 3 heteroatoms. The van der Waals surface area contributed by atoms with Gasteiger partial charge in [0.05, 0.1) is 12.3 Å². The van der Waals surface area contributed by atoms with Gasteiger partial charge in [-0.05, 0) is 67.5 Å². The number of nitrogen functional groups attached to an aromatic ring is 1. The van der Waals surface area contributed by atoms with Crippen molar-refractivity contribution in [1.82, 2.24) is 0 Å². The van der Waals surface area contributed by atoms with Crippen LogP contribution in [-0.2, 0) is 0 Å². The fraction of sp³-hybridized carbons (Fsp3) is 0.400. The van der Waals surface area contributed by atoms with Crippen molar-refractivity contribution in [2.45, 2.75) is 53.9 Å². The number of rotatable bonds is 2. The van der Waals surface area contributed by atoms with Gasteiger partial charge in [-0.3, -0.25) is 4.99 Å². The van der Waals surface area contributed by atoms with Crippen LogP contribution in [0.15, 0.2) is 64.2 Å². The molecule has 1 aromatic rings. The molecule has 1 aliphatic heterocycles. The summed E-state index contributed by atoms with van der Waals surface area (Å²) in [6, 6.07) is 6.22. The van der Waals surface area contributed by atoms with E-state index in [-0.39, 0.29) is 0 Å². The van der Waals surface area contributed by atoms with Gasteiger partial charge in [0.25, 0.3) is 0 Å². The lowest BCUT2D eigenvalue weighted by Crippen LogP contribution is -2.09. The highest BCUT2D eigenvalue weighted by Gasteiger charge is 2.22. The molecular formula is C25H36N2O. The highest BCUT2D eigenvalue weighted by Crippen LogP contribution is 2.34. The molecule has 0 amide bonds. The van der Waals surface area contributed by atoms with Crippen molar-refractivity contribution in [1.29, 1.82) is 0 Å². The average Bonchev–Trinajstić information content (AvgIpc) is 2.88. The summed E-state index contributed by atoms with van der Waals surface area (Å²) in [5, 5.41) is 7.00. The third kappa shape index (κ3) is 5.56. The zero-order valence-electron chi connectivity index (χ0n) is 18.3. The summed E-state index contributed by atoms with van der Waals surface area (Å²) in [6.07, 6.45) is 12.1. The molecule has 2 aliphatic rings. The molecule has 0 saturated carbocycles. The second kappa shape index (κ2) is 12.1. The fourth-order valence-electron chi connectivity index (χ4n) is 3.47. The molecule has 0 atom stereocenters. The molecule has 0 radical (unpaired) electrons. The molecule has 0 spiro atoms. The minimum atomic E-state index is 0.734. The number of nitrogens with zero attached hydrogens (tertiary/aromatic N) is 1. The van der Waals surface area contributed by atoms with Crippen LogP contribution in [-0.4, -0.2) is 24.5 Å². The van der Waals surface area contributed by atoms with E-state index in [1.807, 2.05) is 19.9 Å². The summed E-state index contributed by atoms with van der Waals surface area (Å²) in [7, 11) is 1.00. The van der Waals surface area contributed by atoms with E-state index < -0.39 is 0 Å². The summed E-state index contributed by atoms with van der Waals surface area (Å²) in [5.41, 5.74) is 15.8. The van der Waals surface area contributed by atoms with E-state index in [1.165, 1.54) is 33.4 Å². The van der Waals surface area contributed by atoms with Crippen LogP contribution in [0.5, 0.6) is 0 Å². The Hall–Kier alpha value is -2.39. The predicted octanol–water partition coefficient (Wildman–Crippen LogP) is 6.11. The number of hydrogen-bond acceptors (Lipinski definition) is 3. The van der Waals surface area contributed by atoms with Gasteiger partial charge in [0.2, 0.25) is 0 Å². The van der Waals surface area contributed by atoms with Gasteiger partial charge >= 0.3 is 0 Å². The van der Waals surface area contributed by atoms with E-state index in [4.69, 9.17) is 15.8 Å². The van der Waals surface area contributed by atoms with E-state index in [2.05, 4.69) is 57.2 Å². The minimum Gasteiger partial charge on any atom is -0.400 e. The third-order valence-corrected chi connectivity index (χ3v) is 4.74. The van der Waals surface area contributed by atoms with E-state index in [1.54, 1.807) is 0 Å². The lowest BCUT2D eigenvalue weighted by molar-refractivity contribution is 0.399. The van der Waals surface area contributed by atoms with Crippen LogP contribution in [0.25, 0.3) is 5.57 Å². The molecule has 3 rings (SSSR count). The van der Waals surface area contributed by atoms with E-state index in [0.29, 0.717) is 0 Å². The van der Waals surface area contributed by atoms with Gasteiger partial charge < -0.3 is 10.8 Å². The lowest BCUT2D eigenvalue weighted by atomic mass is 9.87. The topological polar surface area (TPSA) is 58.6 Å². The van der Waals surface area contributed by atoms with E-state index in [0.717, 1.165) is 44.3 Å². The van der Waals surface area contributed by atoms with Crippen LogP contribution in [0.3, 0.4) is 0 Å². The summed E-state index contributed by atoms with van der Waals surface area (Å²) < 4.78 is 0. The first kappa shape index (κ1) is 23.6. The lowest BCUT2D eigenvalue weighted by Gasteiger charge is -2.17. The number of nitrogens with two attached hydrogens (primary N) is 1. The normalized spacial score (nSPS) is 18.5. The molecule has 1 heterocycles. The Morgan fingerprint density at radius 1 is 1.11 bits per heavy atom. The summed E-state index contributed by atoms with van der Waals surface area (Å²) in [6.45, 7) is 11.2. The molecule has 3 N–H and O–H groups in total. The van der Waals surface area contributed by atoms with Crippen molar-refractivity contribution in [2.24, 2.45) is 4.99 Å². The van der Waals surface area contributed by atoms with Crippen molar-refractivity contribution in [2.75, 3.05) is 19.4 Å². The minimum absolute atomic E-state index is 0.734. The summed E-state index contributed by atoms with van der Waals surface area (Å²) in [5.74, 6) is 0. The van der Waals surface area contributed by atoms with E-state index >= 15 is 0 Å². The highest BCUT2D eigenvalue weighted by atomic mass is 16.2. The maximum atomic E-state index is 7.00. The molecule has 1 aliphatic carbocycles. The van der Waals surface area contributed by atoms with Crippen LogP contribution >= 0.6 is 0 Å². The Kier molecular flexibility index (Phi) is 10.3. The zero-order chi connectivity index (χ0) is 21.1.